The van der Waals surface area contributed by atoms with E-state index in [1.54, 1.807) is 23.1 Å². The lowest BCUT2D eigenvalue weighted by atomic mass is 9.87. The monoisotopic (exact) mass is 406 g/mol. The fraction of sp³-hybridized carbons (Fsp3) is 0.550. The predicted molar refractivity (Wildman–Crippen MR) is 110 cm³/mol. The van der Waals surface area contributed by atoms with Gasteiger partial charge in [0.15, 0.2) is 10.9 Å². The summed E-state index contributed by atoms with van der Waals surface area (Å²) in [6.45, 7) is 2.07. The van der Waals surface area contributed by atoms with E-state index in [9.17, 15) is 9.59 Å². The van der Waals surface area contributed by atoms with E-state index in [0.29, 0.717) is 12.8 Å². The van der Waals surface area contributed by atoms with Gasteiger partial charge in [0, 0.05) is 18.2 Å². The number of carbonyl (C=O) groups excluding carboxylic acids is 2. The van der Waals surface area contributed by atoms with Gasteiger partial charge in [-0.3, -0.25) is 9.59 Å². The van der Waals surface area contributed by atoms with Crippen LogP contribution in [-0.4, -0.2) is 35.3 Å². The first-order valence-corrected chi connectivity index (χ1v) is 11.3. The standard InChI is InChI=1S/C20H26N2O3S2/c1-14-8-10-15(11-9-14)21-18(23)13-25-19(24)7-4-12-26-20-22-16-5-2-3-6-17(16)27-20/h2-3,5-6,14-15H,4,7-13H2,1H3,(H,21,23). The number of esters is 1. The zero-order valence-corrected chi connectivity index (χ0v) is 17.2. The van der Waals surface area contributed by atoms with E-state index in [0.717, 1.165) is 47.2 Å². The second-order valence-electron chi connectivity index (χ2n) is 7.08. The third kappa shape index (κ3) is 6.50. The molecule has 0 radical (unpaired) electrons. The number of nitrogens with one attached hydrogen (secondary N) is 1. The van der Waals surface area contributed by atoms with Crippen molar-refractivity contribution >= 4 is 45.2 Å². The molecule has 0 unspecified atom stereocenters. The molecule has 1 aliphatic rings. The van der Waals surface area contributed by atoms with E-state index in [4.69, 9.17) is 4.74 Å². The van der Waals surface area contributed by atoms with Gasteiger partial charge in [0.05, 0.1) is 10.2 Å². The Morgan fingerprint density at radius 2 is 2.04 bits per heavy atom. The predicted octanol–water partition coefficient (Wildman–Crippen LogP) is 4.41. The molecule has 27 heavy (non-hydrogen) atoms. The first-order valence-electron chi connectivity index (χ1n) is 9.53. The molecule has 7 heteroatoms. The van der Waals surface area contributed by atoms with E-state index in [-0.39, 0.29) is 24.5 Å². The molecule has 1 saturated carbocycles. The van der Waals surface area contributed by atoms with Crippen molar-refractivity contribution in [2.45, 2.75) is 55.8 Å². The molecule has 1 amide bonds. The Hall–Kier alpha value is -1.60. The fourth-order valence-corrected chi connectivity index (χ4v) is 5.26. The lowest BCUT2D eigenvalue weighted by Gasteiger charge is -2.26. The Morgan fingerprint density at radius 1 is 1.26 bits per heavy atom. The lowest BCUT2D eigenvalue weighted by molar-refractivity contribution is -0.148. The van der Waals surface area contributed by atoms with Crippen LogP contribution < -0.4 is 5.32 Å². The molecule has 1 aliphatic carbocycles. The number of nitrogens with zero attached hydrogens (tertiary/aromatic N) is 1. The molecule has 1 heterocycles. The Bertz CT molecular complexity index is 736. The van der Waals surface area contributed by atoms with Gasteiger partial charge >= 0.3 is 5.97 Å². The van der Waals surface area contributed by atoms with Crippen LogP contribution in [0, 0.1) is 5.92 Å². The van der Waals surface area contributed by atoms with Crippen molar-refractivity contribution in [3.63, 3.8) is 0 Å². The van der Waals surface area contributed by atoms with Crippen LogP contribution in [-0.2, 0) is 14.3 Å². The summed E-state index contributed by atoms with van der Waals surface area (Å²) in [6, 6.07) is 8.30. The van der Waals surface area contributed by atoms with E-state index in [1.807, 2.05) is 18.2 Å². The maximum absolute atomic E-state index is 11.9. The SMILES string of the molecule is CC1CCC(NC(=O)COC(=O)CCCSc2nc3ccccc3s2)CC1. The maximum atomic E-state index is 11.9. The normalized spacial score (nSPS) is 19.7. The molecule has 1 aromatic carbocycles. The number of thiazole rings is 1. The van der Waals surface area contributed by atoms with Gasteiger partial charge in [-0.1, -0.05) is 30.8 Å². The molecular formula is C20H26N2O3S2. The Balaban J connectivity index is 1.27. The number of ether oxygens (including phenoxy) is 1. The Kier molecular flexibility index (Phi) is 7.52. The van der Waals surface area contributed by atoms with E-state index in [1.165, 1.54) is 4.70 Å². The van der Waals surface area contributed by atoms with Gasteiger partial charge in [-0.2, -0.15) is 0 Å². The van der Waals surface area contributed by atoms with Crippen molar-refractivity contribution in [1.29, 1.82) is 0 Å². The minimum absolute atomic E-state index is 0.171. The topological polar surface area (TPSA) is 68.3 Å². The first kappa shape index (κ1) is 20.1. The third-order valence-corrected chi connectivity index (χ3v) is 7.04. The quantitative estimate of drug-likeness (QED) is 0.400. The minimum atomic E-state index is -0.313. The summed E-state index contributed by atoms with van der Waals surface area (Å²) in [5, 5.41) is 2.97. The molecule has 146 valence electrons. The molecule has 2 aromatic rings. The number of amides is 1. The zero-order chi connectivity index (χ0) is 19.1. The van der Waals surface area contributed by atoms with Crippen LogP contribution in [0.3, 0.4) is 0 Å². The molecule has 0 aliphatic heterocycles. The second-order valence-corrected chi connectivity index (χ2v) is 9.46. The van der Waals surface area contributed by atoms with Gasteiger partial charge < -0.3 is 10.1 Å². The van der Waals surface area contributed by atoms with E-state index >= 15 is 0 Å². The number of hydrogen-bond donors (Lipinski definition) is 1. The number of aromatic nitrogens is 1. The summed E-state index contributed by atoms with van der Waals surface area (Å²) in [6.07, 6.45) is 5.37. The van der Waals surface area contributed by atoms with E-state index < -0.39 is 0 Å². The Morgan fingerprint density at radius 3 is 2.81 bits per heavy atom. The number of para-hydroxylation sites is 1. The van der Waals surface area contributed by atoms with Gasteiger partial charge in [0.1, 0.15) is 0 Å². The largest absolute Gasteiger partial charge is 0.456 e. The summed E-state index contributed by atoms with van der Waals surface area (Å²) in [5.41, 5.74) is 1.02. The van der Waals surface area contributed by atoms with Crippen LogP contribution in [0.25, 0.3) is 10.2 Å². The van der Waals surface area contributed by atoms with Crippen LogP contribution in [0.2, 0.25) is 0 Å². The maximum Gasteiger partial charge on any atom is 0.306 e. The molecule has 3 rings (SSSR count). The number of thioether (sulfide) groups is 1. The third-order valence-electron chi connectivity index (χ3n) is 4.77. The summed E-state index contributed by atoms with van der Waals surface area (Å²) >= 11 is 3.33. The molecule has 0 bridgehead atoms. The molecule has 1 fully saturated rings. The average molecular weight is 407 g/mol. The van der Waals surface area contributed by atoms with Crippen LogP contribution in [0.4, 0.5) is 0 Å². The van der Waals surface area contributed by atoms with Gasteiger partial charge in [-0.15, -0.1) is 11.3 Å². The van der Waals surface area contributed by atoms with Crippen molar-refractivity contribution in [2.75, 3.05) is 12.4 Å². The second kappa shape index (κ2) is 10.1. The lowest BCUT2D eigenvalue weighted by Crippen LogP contribution is -2.39. The van der Waals surface area contributed by atoms with E-state index in [2.05, 4.69) is 23.3 Å². The summed E-state index contributed by atoms with van der Waals surface area (Å²) < 4.78 is 7.29. The number of hydrogen-bond acceptors (Lipinski definition) is 6. The van der Waals surface area contributed by atoms with Crippen molar-refractivity contribution < 1.29 is 14.3 Å². The highest BCUT2D eigenvalue weighted by Gasteiger charge is 2.20. The zero-order valence-electron chi connectivity index (χ0n) is 15.6. The van der Waals surface area contributed by atoms with Crippen LogP contribution >= 0.6 is 23.1 Å². The molecule has 5 nitrogen and oxygen atoms in total. The highest BCUT2D eigenvalue weighted by atomic mass is 32.2. The fourth-order valence-electron chi connectivity index (χ4n) is 3.18. The highest BCUT2D eigenvalue weighted by molar-refractivity contribution is 8.01. The smallest absolute Gasteiger partial charge is 0.306 e. The number of benzene rings is 1. The van der Waals surface area contributed by atoms with Crippen molar-refractivity contribution in [1.82, 2.24) is 10.3 Å². The van der Waals surface area contributed by atoms with Gasteiger partial charge in [0.2, 0.25) is 0 Å². The number of fused-ring (bicyclic) bond motifs is 1. The highest BCUT2D eigenvalue weighted by Crippen LogP contribution is 2.29. The van der Waals surface area contributed by atoms with Gasteiger partial charge in [-0.25, -0.2) is 4.98 Å². The average Bonchev–Trinajstić information content (AvgIpc) is 3.08. The molecule has 0 spiro atoms. The Labute approximate surface area is 168 Å². The minimum Gasteiger partial charge on any atom is -0.456 e. The molecule has 1 aromatic heterocycles. The number of rotatable bonds is 8. The molecular weight excluding hydrogens is 380 g/mol. The van der Waals surface area contributed by atoms with Crippen molar-refractivity contribution in [3.05, 3.63) is 24.3 Å². The first-order chi connectivity index (χ1) is 13.1. The van der Waals surface area contributed by atoms with Crippen LogP contribution in [0.5, 0.6) is 0 Å². The van der Waals surface area contributed by atoms with Crippen molar-refractivity contribution in [2.24, 2.45) is 5.92 Å². The van der Waals surface area contributed by atoms with Crippen molar-refractivity contribution in [3.8, 4) is 0 Å². The molecule has 0 atom stereocenters. The van der Waals surface area contributed by atoms with Crippen LogP contribution in [0.15, 0.2) is 28.6 Å². The summed E-state index contributed by atoms with van der Waals surface area (Å²) in [5.74, 6) is 1.05. The summed E-state index contributed by atoms with van der Waals surface area (Å²) in [7, 11) is 0. The summed E-state index contributed by atoms with van der Waals surface area (Å²) in [4.78, 5) is 28.3. The molecule has 0 saturated heterocycles. The van der Waals surface area contributed by atoms with Crippen LogP contribution in [0.1, 0.15) is 45.4 Å². The van der Waals surface area contributed by atoms with Gasteiger partial charge in [0.25, 0.3) is 5.91 Å². The number of carbonyl (C=O) groups is 2. The molecule has 1 N–H and O–H groups in total. The van der Waals surface area contributed by atoms with Gasteiger partial charge in [-0.05, 0) is 50.2 Å².